The van der Waals surface area contributed by atoms with Gasteiger partial charge in [-0.25, -0.2) is 19.5 Å². The monoisotopic (exact) mass is 448 g/mol. The lowest BCUT2D eigenvalue weighted by atomic mass is 10.1. The van der Waals surface area contributed by atoms with Gasteiger partial charge in [-0.1, -0.05) is 29.8 Å². The fourth-order valence-corrected chi connectivity index (χ4v) is 4.58. The van der Waals surface area contributed by atoms with Crippen LogP contribution in [0.1, 0.15) is 18.3 Å². The minimum atomic E-state index is -0.627. The molecule has 160 valence electrons. The van der Waals surface area contributed by atoms with Crippen molar-refractivity contribution in [1.29, 1.82) is 0 Å². The second kappa shape index (κ2) is 7.14. The van der Waals surface area contributed by atoms with E-state index in [9.17, 15) is 9.90 Å². The summed E-state index contributed by atoms with van der Waals surface area (Å²) in [5, 5.41) is 15.7. The number of anilines is 1. The Bertz CT molecular complexity index is 1510. The van der Waals surface area contributed by atoms with E-state index in [4.69, 9.17) is 16.7 Å². The summed E-state index contributed by atoms with van der Waals surface area (Å²) in [4.78, 5) is 31.4. The molecule has 1 aliphatic heterocycles. The number of aromatic nitrogens is 7. The number of halogens is 1. The molecule has 5 heterocycles. The van der Waals surface area contributed by atoms with Crippen LogP contribution >= 0.6 is 11.6 Å². The molecule has 0 aliphatic carbocycles. The van der Waals surface area contributed by atoms with E-state index in [0.29, 0.717) is 52.0 Å². The van der Waals surface area contributed by atoms with E-state index in [1.54, 1.807) is 23.2 Å². The SMILES string of the molecule is O=c1c2c(Cl)ccn2nc(C2CC(O)CN2c2ncnc3nc[nH]c23)n1-c1ccccc1. The van der Waals surface area contributed by atoms with Crippen molar-refractivity contribution in [1.82, 2.24) is 34.1 Å². The number of para-hydroxylation sites is 1. The first kappa shape index (κ1) is 19.0. The molecule has 11 heteroatoms. The van der Waals surface area contributed by atoms with Crippen molar-refractivity contribution in [2.45, 2.75) is 18.6 Å². The van der Waals surface area contributed by atoms with Crippen LogP contribution < -0.4 is 10.5 Å². The van der Waals surface area contributed by atoms with Crippen molar-refractivity contribution >= 4 is 34.1 Å². The Morgan fingerprint density at radius 1 is 1.12 bits per heavy atom. The number of aromatic amines is 1. The maximum Gasteiger partial charge on any atom is 0.284 e. The molecule has 0 spiro atoms. The Morgan fingerprint density at radius 3 is 2.81 bits per heavy atom. The molecule has 5 aromatic rings. The van der Waals surface area contributed by atoms with Gasteiger partial charge in [-0.2, -0.15) is 5.10 Å². The molecule has 0 bridgehead atoms. The number of nitrogens with zero attached hydrogens (tertiary/aromatic N) is 7. The molecule has 2 N–H and O–H groups in total. The lowest BCUT2D eigenvalue weighted by Crippen LogP contribution is -2.33. The molecule has 6 rings (SSSR count). The van der Waals surface area contributed by atoms with E-state index in [1.807, 2.05) is 35.2 Å². The zero-order valence-corrected chi connectivity index (χ0v) is 17.4. The number of H-pyrrole nitrogens is 1. The molecular formula is C21H17ClN8O2. The topological polar surface area (TPSA) is 117 Å². The molecule has 32 heavy (non-hydrogen) atoms. The summed E-state index contributed by atoms with van der Waals surface area (Å²) in [5.41, 5.74) is 1.85. The van der Waals surface area contributed by atoms with Crippen molar-refractivity contribution in [2.75, 3.05) is 11.4 Å². The van der Waals surface area contributed by atoms with Gasteiger partial charge in [-0.15, -0.1) is 0 Å². The van der Waals surface area contributed by atoms with Crippen LogP contribution in [-0.2, 0) is 0 Å². The number of hydrogen-bond acceptors (Lipinski definition) is 7. The second-order valence-corrected chi connectivity index (χ2v) is 8.05. The summed E-state index contributed by atoms with van der Waals surface area (Å²) in [7, 11) is 0. The lowest BCUT2D eigenvalue weighted by molar-refractivity contribution is 0.193. The van der Waals surface area contributed by atoms with Crippen LogP contribution in [0.4, 0.5) is 5.82 Å². The van der Waals surface area contributed by atoms with Crippen molar-refractivity contribution in [3.63, 3.8) is 0 Å². The number of rotatable bonds is 3. The average Bonchev–Trinajstić information content (AvgIpc) is 3.52. The first-order chi connectivity index (χ1) is 15.6. The number of benzene rings is 1. The van der Waals surface area contributed by atoms with Gasteiger partial charge in [0, 0.05) is 19.2 Å². The Hall–Kier alpha value is -3.76. The number of aliphatic hydroxyl groups excluding tert-OH is 1. The van der Waals surface area contributed by atoms with Gasteiger partial charge in [0.1, 0.15) is 17.4 Å². The molecule has 1 saturated heterocycles. The van der Waals surface area contributed by atoms with Crippen LogP contribution in [0.15, 0.2) is 60.0 Å². The van der Waals surface area contributed by atoms with Crippen molar-refractivity contribution in [3.8, 4) is 5.69 Å². The quantitative estimate of drug-likeness (QED) is 0.434. The van der Waals surface area contributed by atoms with Gasteiger partial charge < -0.3 is 15.0 Å². The minimum Gasteiger partial charge on any atom is -0.391 e. The summed E-state index contributed by atoms with van der Waals surface area (Å²) < 4.78 is 3.05. The smallest absolute Gasteiger partial charge is 0.284 e. The van der Waals surface area contributed by atoms with Gasteiger partial charge >= 0.3 is 0 Å². The van der Waals surface area contributed by atoms with E-state index < -0.39 is 12.1 Å². The number of β-amino-alcohol motifs (C(OH)–C–C–N with tert-alkyl or cyclic N) is 1. The Balaban J connectivity index is 1.61. The molecule has 1 fully saturated rings. The average molecular weight is 449 g/mol. The maximum atomic E-state index is 13.6. The number of aliphatic hydroxyl groups is 1. The highest BCUT2D eigenvalue weighted by molar-refractivity contribution is 6.33. The molecule has 1 aromatic carbocycles. The predicted molar refractivity (Wildman–Crippen MR) is 118 cm³/mol. The van der Waals surface area contributed by atoms with Gasteiger partial charge in [0.2, 0.25) is 0 Å². The highest BCUT2D eigenvalue weighted by Crippen LogP contribution is 2.37. The number of imidazole rings is 1. The molecule has 4 aromatic heterocycles. The Kier molecular flexibility index (Phi) is 4.23. The molecule has 10 nitrogen and oxygen atoms in total. The van der Waals surface area contributed by atoms with Crippen LogP contribution in [-0.4, -0.2) is 51.9 Å². The Labute approximate surface area is 185 Å². The third-order valence-electron chi connectivity index (χ3n) is 5.73. The molecule has 2 unspecified atom stereocenters. The predicted octanol–water partition coefficient (Wildman–Crippen LogP) is 2.12. The maximum absolute atomic E-state index is 13.6. The van der Waals surface area contributed by atoms with Gasteiger partial charge in [-0.3, -0.25) is 9.36 Å². The number of hydrogen-bond donors (Lipinski definition) is 2. The highest BCUT2D eigenvalue weighted by atomic mass is 35.5. The van der Waals surface area contributed by atoms with Crippen LogP contribution in [0.25, 0.3) is 22.4 Å². The van der Waals surface area contributed by atoms with Gasteiger partial charge in [0.25, 0.3) is 5.56 Å². The van der Waals surface area contributed by atoms with E-state index in [1.165, 1.54) is 10.8 Å². The first-order valence-corrected chi connectivity index (χ1v) is 10.4. The summed E-state index contributed by atoms with van der Waals surface area (Å²) in [6.45, 7) is 0.324. The van der Waals surface area contributed by atoms with Crippen LogP contribution in [0.5, 0.6) is 0 Å². The Morgan fingerprint density at radius 2 is 1.97 bits per heavy atom. The molecule has 1 aliphatic rings. The normalized spacial score (nSPS) is 18.8. The summed E-state index contributed by atoms with van der Waals surface area (Å²) in [6, 6.07) is 10.5. The lowest BCUT2D eigenvalue weighted by Gasteiger charge is -2.27. The van der Waals surface area contributed by atoms with E-state index in [2.05, 4.69) is 19.9 Å². The van der Waals surface area contributed by atoms with Crippen LogP contribution in [0.2, 0.25) is 5.02 Å². The van der Waals surface area contributed by atoms with Crippen LogP contribution in [0.3, 0.4) is 0 Å². The van der Waals surface area contributed by atoms with Gasteiger partial charge in [0.05, 0.1) is 29.2 Å². The third-order valence-corrected chi connectivity index (χ3v) is 6.03. The fourth-order valence-electron chi connectivity index (χ4n) is 4.35. The van der Waals surface area contributed by atoms with Crippen molar-refractivity contribution in [3.05, 3.63) is 76.5 Å². The summed E-state index contributed by atoms with van der Waals surface area (Å²) in [5.74, 6) is 1.07. The largest absolute Gasteiger partial charge is 0.391 e. The van der Waals surface area contributed by atoms with E-state index in [0.717, 1.165) is 0 Å². The molecule has 2 atom stereocenters. The summed E-state index contributed by atoms with van der Waals surface area (Å²) in [6.07, 6.45) is 4.40. The van der Waals surface area contributed by atoms with Gasteiger partial charge in [0.15, 0.2) is 17.3 Å². The van der Waals surface area contributed by atoms with E-state index in [-0.39, 0.29) is 5.56 Å². The van der Waals surface area contributed by atoms with Crippen LogP contribution in [0, 0.1) is 0 Å². The third kappa shape index (κ3) is 2.80. The first-order valence-electron chi connectivity index (χ1n) is 10.1. The zero-order valence-electron chi connectivity index (χ0n) is 16.6. The standard InChI is InChI=1S/C21H17ClN8O2/c22-14-6-7-29-17(14)21(32)30(12-4-2-1-3-5-12)19(27-29)15-8-13(31)9-28(15)20-16-18(24-10-23-16)25-11-26-20/h1-7,10-11,13,15,31H,8-9H2,(H,23,24,25,26). The fraction of sp³-hybridized carbons (Fsp3) is 0.190. The summed E-state index contributed by atoms with van der Waals surface area (Å²) >= 11 is 6.30. The zero-order chi connectivity index (χ0) is 21.8. The molecule has 0 amide bonds. The minimum absolute atomic E-state index is 0.285. The molecular weight excluding hydrogens is 432 g/mol. The molecule has 0 saturated carbocycles. The van der Waals surface area contributed by atoms with Crippen molar-refractivity contribution in [2.24, 2.45) is 0 Å². The number of fused-ring (bicyclic) bond motifs is 2. The second-order valence-electron chi connectivity index (χ2n) is 7.65. The highest BCUT2D eigenvalue weighted by Gasteiger charge is 2.38. The van der Waals surface area contributed by atoms with E-state index >= 15 is 0 Å². The van der Waals surface area contributed by atoms with Gasteiger partial charge in [-0.05, 0) is 18.2 Å². The molecule has 0 radical (unpaired) electrons. The number of nitrogens with one attached hydrogen (secondary N) is 1. The van der Waals surface area contributed by atoms with Crippen molar-refractivity contribution < 1.29 is 5.11 Å².